The fourth-order valence-corrected chi connectivity index (χ4v) is 10.9. The Morgan fingerprint density at radius 1 is 0.390 bits per heavy atom. The Labute approximate surface area is 451 Å². The first-order valence-electron chi connectivity index (χ1n) is 25.2. The van der Waals surface area contributed by atoms with Gasteiger partial charge in [-0.2, -0.15) is 0 Å². The van der Waals surface area contributed by atoms with Gasteiger partial charge >= 0.3 is 6.36 Å². The number of ketones is 4. The SMILES string of the molecule is CC1Cc2c(cccc2-c2ccc(Br)cc2)C1=O.CC1Cc2c(cccc2-c2ccc(F)cc2)C1=O.CC1Cc2c(cccc2-c2ccc(F)cc2F)C1=O.CC1Cc2c(cccc2-c2ccc(OC(F)(F)F)cc2)C1=O. The van der Waals surface area contributed by atoms with Crippen molar-refractivity contribution in [3.63, 3.8) is 0 Å². The van der Waals surface area contributed by atoms with Crippen molar-refractivity contribution in [2.24, 2.45) is 23.7 Å². The Hall–Kier alpha value is -7.70. The summed E-state index contributed by atoms with van der Waals surface area (Å²) in [5.74, 6) is -0.921. The zero-order valence-electron chi connectivity index (χ0n) is 42.4. The van der Waals surface area contributed by atoms with Crippen LogP contribution in [0.1, 0.15) is 91.4 Å². The van der Waals surface area contributed by atoms with E-state index in [1.54, 1.807) is 54.6 Å². The molecule has 5 nitrogen and oxygen atoms in total. The molecule has 4 atom stereocenters. The molecule has 0 heterocycles. The number of benzene rings is 8. The molecule has 0 aliphatic heterocycles. The molecule has 0 aromatic heterocycles. The van der Waals surface area contributed by atoms with E-state index in [-0.39, 0.29) is 58.4 Å². The molecule has 390 valence electrons. The first-order valence-corrected chi connectivity index (χ1v) is 26.0. The molecular weight excluding hydrogens is 1050 g/mol. The molecule has 0 radical (unpaired) electrons. The Morgan fingerprint density at radius 2 is 0.701 bits per heavy atom. The minimum atomic E-state index is -4.70. The van der Waals surface area contributed by atoms with E-state index in [9.17, 15) is 45.5 Å². The third-order valence-electron chi connectivity index (χ3n) is 14.5. The predicted molar refractivity (Wildman–Crippen MR) is 291 cm³/mol. The van der Waals surface area contributed by atoms with Crippen LogP contribution in [0.15, 0.2) is 168 Å². The van der Waals surface area contributed by atoms with Gasteiger partial charge in [0.25, 0.3) is 0 Å². The number of halogens is 7. The maximum Gasteiger partial charge on any atom is 0.573 e. The molecule has 12 rings (SSSR count). The fraction of sp³-hybridized carbons (Fsp3) is 0.200. The predicted octanol–water partition coefficient (Wildman–Crippen LogP) is 17.0. The summed E-state index contributed by atoms with van der Waals surface area (Å²) < 4.78 is 81.2. The molecule has 0 fully saturated rings. The highest BCUT2D eigenvalue weighted by Gasteiger charge is 2.34. The van der Waals surface area contributed by atoms with E-state index in [0.717, 1.165) is 73.5 Å². The van der Waals surface area contributed by atoms with Crippen LogP contribution in [-0.4, -0.2) is 29.5 Å². The van der Waals surface area contributed by atoms with Crippen LogP contribution >= 0.6 is 15.9 Å². The summed E-state index contributed by atoms with van der Waals surface area (Å²) in [6.07, 6.45) is -1.79. The van der Waals surface area contributed by atoms with Gasteiger partial charge in [-0.3, -0.25) is 19.2 Å². The molecule has 8 aromatic carbocycles. The first-order chi connectivity index (χ1) is 36.8. The van der Waals surface area contributed by atoms with E-state index in [1.807, 2.05) is 76.2 Å². The fourth-order valence-electron chi connectivity index (χ4n) is 10.7. The lowest BCUT2D eigenvalue weighted by Crippen LogP contribution is -2.16. The van der Waals surface area contributed by atoms with Crippen molar-refractivity contribution in [1.29, 1.82) is 0 Å². The molecule has 0 saturated heterocycles. The van der Waals surface area contributed by atoms with Crippen LogP contribution in [-0.2, 0) is 25.7 Å². The van der Waals surface area contributed by atoms with E-state index in [0.29, 0.717) is 35.1 Å². The van der Waals surface area contributed by atoms with Crippen LogP contribution in [0.3, 0.4) is 0 Å². The van der Waals surface area contributed by atoms with Gasteiger partial charge in [0, 0.05) is 62.0 Å². The Bertz CT molecular complexity index is 3460. The standard InChI is InChI=1S/C17H13F3O2.C16H13BrO.C16H12F2O.C16H13FO/c1-10-9-15-13(3-2-4-14(15)16(10)21)11-5-7-12(8-6-11)22-17(18,19)20;1-10-9-15-13(3-2-4-14(15)16(10)18)11-5-7-12(17)8-6-11;1-9-7-14-11(3-2-4-13(14)16(9)19)12-6-5-10(17)8-15(12)18;1-10-9-15-13(3-2-4-14(15)16(10)18)11-5-7-12(17)8-6-11/h2-8,10H,9H2,1H3;2-8,10H,9H2,1H3;2-6,8-9H,7H2,1H3;2-8,10H,9H2,1H3. The molecular formula is C65H51BrF6O5. The lowest BCUT2D eigenvalue weighted by molar-refractivity contribution is -0.274. The van der Waals surface area contributed by atoms with Crippen LogP contribution in [0.4, 0.5) is 26.3 Å². The van der Waals surface area contributed by atoms with E-state index in [2.05, 4.69) is 38.9 Å². The average molecular weight is 1110 g/mol. The molecule has 0 spiro atoms. The van der Waals surface area contributed by atoms with E-state index < -0.39 is 18.0 Å². The van der Waals surface area contributed by atoms with Crippen molar-refractivity contribution >= 4 is 39.1 Å². The van der Waals surface area contributed by atoms with Gasteiger partial charge in [0.05, 0.1) is 0 Å². The average Bonchev–Trinajstić information content (AvgIpc) is 4.12. The number of hydrogen-bond donors (Lipinski definition) is 0. The quantitative estimate of drug-likeness (QED) is 0.161. The van der Waals surface area contributed by atoms with Gasteiger partial charge in [-0.15, -0.1) is 13.2 Å². The summed E-state index contributed by atoms with van der Waals surface area (Å²) in [7, 11) is 0. The summed E-state index contributed by atoms with van der Waals surface area (Å²) in [4.78, 5) is 48.0. The summed E-state index contributed by atoms with van der Waals surface area (Å²) in [6, 6.07) is 46.5. The number of carbonyl (C=O) groups excluding carboxylic acids is 4. The van der Waals surface area contributed by atoms with E-state index in [4.69, 9.17) is 0 Å². The van der Waals surface area contributed by atoms with E-state index >= 15 is 0 Å². The third kappa shape index (κ3) is 11.7. The second kappa shape index (κ2) is 22.5. The molecule has 12 heteroatoms. The lowest BCUT2D eigenvalue weighted by atomic mass is 9.96. The summed E-state index contributed by atoms with van der Waals surface area (Å²) >= 11 is 3.45. The molecule has 4 aliphatic carbocycles. The third-order valence-corrected chi connectivity index (χ3v) is 15.1. The molecule has 0 amide bonds. The number of hydrogen-bond acceptors (Lipinski definition) is 5. The number of ether oxygens (including phenoxy) is 1. The highest BCUT2D eigenvalue weighted by atomic mass is 79.9. The number of fused-ring (bicyclic) bond motifs is 4. The van der Waals surface area contributed by atoms with Crippen molar-refractivity contribution < 1.29 is 50.3 Å². The molecule has 77 heavy (non-hydrogen) atoms. The number of alkyl halides is 3. The smallest absolute Gasteiger partial charge is 0.406 e. The highest BCUT2D eigenvalue weighted by molar-refractivity contribution is 9.10. The minimum Gasteiger partial charge on any atom is -0.406 e. The molecule has 4 aliphatic rings. The van der Waals surface area contributed by atoms with Gasteiger partial charge in [-0.1, -0.05) is 153 Å². The first kappa shape index (κ1) is 54.1. The minimum absolute atomic E-state index is 0.0519. The topological polar surface area (TPSA) is 77.5 Å². The van der Waals surface area contributed by atoms with Crippen LogP contribution in [0, 0.1) is 41.1 Å². The zero-order chi connectivity index (χ0) is 54.9. The van der Waals surface area contributed by atoms with Gasteiger partial charge in [0.15, 0.2) is 23.1 Å². The van der Waals surface area contributed by atoms with Gasteiger partial charge in [-0.25, -0.2) is 13.2 Å². The van der Waals surface area contributed by atoms with Crippen molar-refractivity contribution in [2.75, 3.05) is 0 Å². The molecule has 8 aromatic rings. The summed E-state index contributed by atoms with van der Waals surface area (Å²) in [5.41, 5.74) is 14.3. The largest absolute Gasteiger partial charge is 0.573 e. The molecule has 4 unspecified atom stereocenters. The maximum absolute atomic E-state index is 13.9. The van der Waals surface area contributed by atoms with Crippen LogP contribution in [0.5, 0.6) is 5.75 Å². The summed E-state index contributed by atoms with van der Waals surface area (Å²) in [6.45, 7) is 7.71. The summed E-state index contributed by atoms with van der Waals surface area (Å²) in [5, 5.41) is 0. The molecule has 0 bridgehead atoms. The van der Waals surface area contributed by atoms with Crippen molar-refractivity contribution in [2.45, 2.75) is 59.7 Å². The second-order valence-electron chi connectivity index (χ2n) is 19.9. The van der Waals surface area contributed by atoms with Crippen LogP contribution < -0.4 is 4.74 Å². The molecule has 0 saturated carbocycles. The van der Waals surface area contributed by atoms with Gasteiger partial charge in [0.1, 0.15) is 23.2 Å². The highest BCUT2D eigenvalue weighted by Crippen LogP contribution is 2.40. The van der Waals surface area contributed by atoms with Crippen molar-refractivity contribution in [3.8, 4) is 50.3 Å². The second-order valence-corrected chi connectivity index (χ2v) is 20.8. The molecule has 0 N–H and O–H groups in total. The lowest BCUT2D eigenvalue weighted by Gasteiger charge is -2.11. The van der Waals surface area contributed by atoms with Crippen molar-refractivity contribution in [3.05, 3.63) is 230 Å². The normalized spacial score (nSPS) is 17.7. The van der Waals surface area contributed by atoms with E-state index in [1.165, 1.54) is 53.1 Å². The maximum atomic E-state index is 13.9. The van der Waals surface area contributed by atoms with Crippen LogP contribution in [0.25, 0.3) is 44.5 Å². The monoisotopic (exact) mass is 1100 g/mol. The number of Topliss-reactive ketones (excluding diaryl/α,β-unsaturated/α-hetero) is 4. The Kier molecular flexibility index (Phi) is 15.8. The zero-order valence-corrected chi connectivity index (χ0v) is 44.0. The Balaban J connectivity index is 0.000000125. The number of carbonyl (C=O) groups is 4. The van der Waals surface area contributed by atoms with Gasteiger partial charge in [0.2, 0.25) is 0 Å². The van der Waals surface area contributed by atoms with Crippen LogP contribution in [0.2, 0.25) is 0 Å². The van der Waals surface area contributed by atoms with Gasteiger partial charge < -0.3 is 4.74 Å². The van der Waals surface area contributed by atoms with Crippen molar-refractivity contribution in [1.82, 2.24) is 0 Å². The Morgan fingerprint density at radius 3 is 1.06 bits per heavy atom. The number of rotatable bonds is 5. The van der Waals surface area contributed by atoms with Gasteiger partial charge in [-0.05, 0) is 135 Å².